The third-order valence-corrected chi connectivity index (χ3v) is 4.89. The van der Waals surface area contributed by atoms with Gasteiger partial charge in [-0.3, -0.25) is 19.3 Å². The maximum atomic E-state index is 12.3. The third kappa shape index (κ3) is 4.43. The molecule has 0 saturated heterocycles. The third-order valence-electron chi connectivity index (χ3n) is 4.69. The Labute approximate surface area is 174 Å². The van der Waals surface area contributed by atoms with Crippen molar-refractivity contribution in [2.45, 2.75) is 13.8 Å². The Kier molecular flexibility index (Phi) is 6.23. The number of hydrogen-bond donors (Lipinski definition) is 2. The van der Waals surface area contributed by atoms with Crippen molar-refractivity contribution in [3.8, 4) is 0 Å². The Bertz CT molecular complexity index is 920. The summed E-state index contributed by atoms with van der Waals surface area (Å²) in [5.74, 6) is -1.50. The van der Waals surface area contributed by atoms with Crippen LogP contribution in [-0.2, 0) is 4.79 Å². The van der Waals surface area contributed by atoms with Gasteiger partial charge in [-0.2, -0.15) is 0 Å². The molecule has 150 valence electrons. The topological polar surface area (TPSA) is 81.8 Å². The van der Waals surface area contributed by atoms with Gasteiger partial charge < -0.3 is 15.5 Å². The van der Waals surface area contributed by atoms with Crippen LogP contribution in [-0.4, -0.2) is 47.4 Å². The molecule has 1 aliphatic heterocycles. The molecule has 1 heterocycles. The van der Waals surface area contributed by atoms with Gasteiger partial charge in [0.05, 0.1) is 11.1 Å². The molecule has 8 heteroatoms. The van der Waals surface area contributed by atoms with Gasteiger partial charge in [0.25, 0.3) is 11.8 Å². The number of hydrogen-bond acceptors (Lipinski definition) is 5. The Balaban J connectivity index is 1.56. The van der Waals surface area contributed by atoms with E-state index in [1.54, 1.807) is 24.3 Å². The molecule has 0 bridgehead atoms. The predicted molar refractivity (Wildman–Crippen MR) is 116 cm³/mol. The number of thiocarbonyl (C=S) groups is 1. The van der Waals surface area contributed by atoms with Crippen LogP contribution < -0.4 is 15.5 Å². The summed E-state index contributed by atoms with van der Waals surface area (Å²) in [5.41, 5.74) is 2.44. The van der Waals surface area contributed by atoms with Gasteiger partial charge in [0, 0.05) is 24.5 Å². The van der Waals surface area contributed by atoms with Crippen LogP contribution in [0.15, 0.2) is 48.5 Å². The smallest absolute Gasteiger partial charge is 0.262 e. The SMILES string of the molecule is CCN(CC)c1ccc(NC(=S)NC(=O)CN2C(=O)c3ccccc3C2=O)cc1. The molecule has 0 saturated carbocycles. The number of nitrogens with zero attached hydrogens (tertiary/aromatic N) is 2. The minimum atomic E-state index is -0.545. The van der Waals surface area contributed by atoms with E-state index in [9.17, 15) is 14.4 Å². The summed E-state index contributed by atoms with van der Waals surface area (Å²) in [5, 5.41) is 5.54. The molecule has 29 heavy (non-hydrogen) atoms. The average molecular weight is 410 g/mol. The van der Waals surface area contributed by atoms with Gasteiger partial charge in [-0.05, 0) is 62.5 Å². The van der Waals surface area contributed by atoms with Crippen LogP contribution in [0.1, 0.15) is 34.6 Å². The lowest BCUT2D eigenvalue weighted by molar-refractivity contribution is -0.120. The second kappa shape index (κ2) is 8.83. The predicted octanol–water partition coefficient (Wildman–Crippen LogP) is 2.64. The summed E-state index contributed by atoms with van der Waals surface area (Å²) in [6, 6.07) is 14.2. The molecule has 0 fully saturated rings. The number of rotatable bonds is 6. The largest absolute Gasteiger partial charge is 0.372 e. The highest BCUT2D eigenvalue weighted by Crippen LogP contribution is 2.22. The summed E-state index contributed by atoms with van der Waals surface area (Å²) in [6.45, 7) is 5.61. The van der Waals surface area contributed by atoms with Crippen LogP contribution in [0.5, 0.6) is 0 Å². The first-order valence-electron chi connectivity index (χ1n) is 9.35. The molecule has 1 aliphatic rings. The average Bonchev–Trinajstić information content (AvgIpc) is 2.95. The number of benzene rings is 2. The highest BCUT2D eigenvalue weighted by Gasteiger charge is 2.36. The molecule has 2 aromatic carbocycles. The fourth-order valence-electron chi connectivity index (χ4n) is 3.20. The summed E-state index contributed by atoms with van der Waals surface area (Å²) in [7, 11) is 0. The van der Waals surface area contributed by atoms with Crippen LogP contribution in [0.4, 0.5) is 11.4 Å². The summed E-state index contributed by atoms with van der Waals surface area (Å²) < 4.78 is 0. The number of imide groups is 1. The monoisotopic (exact) mass is 410 g/mol. The van der Waals surface area contributed by atoms with E-state index in [2.05, 4.69) is 29.4 Å². The first-order chi connectivity index (χ1) is 13.9. The van der Waals surface area contributed by atoms with E-state index in [0.717, 1.165) is 29.4 Å². The normalized spacial score (nSPS) is 12.6. The molecule has 0 aliphatic carbocycles. The van der Waals surface area contributed by atoms with Crippen molar-refractivity contribution in [2.24, 2.45) is 0 Å². The molecular formula is C21H22N4O3S. The molecule has 2 N–H and O–H groups in total. The van der Waals surface area contributed by atoms with E-state index in [1.165, 1.54) is 0 Å². The van der Waals surface area contributed by atoms with Gasteiger partial charge in [0.1, 0.15) is 6.54 Å². The maximum absolute atomic E-state index is 12.3. The van der Waals surface area contributed by atoms with Crippen molar-refractivity contribution in [1.82, 2.24) is 10.2 Å². The van der Waals surface area contributed by atoms with Crippen molar-refractivity contribution >= 4 is 46.4 Å². The maximum Gasteiger partial charge on any atom is 0.262 e. The Hall–Kier alpha value is -3.26. The minimum Gasteiger partial charge on any atom is -0.372 e. The van der Waals surface area contributed by atoms with Gasteiger partial charge in [-0.25, -0.2) is 0 Å². The lowest BCUT2D eigenvalue weighted by Crippen LogP contribution is -2.43. The fraction of sp³-hybridized carbons (Fsp3) is 0.238. The van der Waals surface area contributed by atoms with Gasteiger partial charge in [0.2, 0.25) is 5.91 Å². The zero-order valence-corrected chi connectivity index (χ0v) is 17.1. The second-order valence-corrected chi connectivity index (χ2v) is 6.87. The highest BCUT2D eigenvalue weighted by atomic mass is 32.1. The van der Waals surface area contributed by atoms with Crippen LogP contribution in [0.3, 0.4) is 0 Å². The first-order valence-corrected chi connectivity index (χ1v) is 9.76. The molecule has 0 unspecified atom stereocenters. The van der Waals surface area contributed by atoms with Crippen LogP contribution in [0.25, 0.3) is 0 Å². The zero-order chi connectivity index (χ0) is 21.0. The number of nitrogens with one attached hydrogen (secondary N) is 2. The van der Waals surface area contributed by atoms with Gasteiger partial charge in [0.15, 0.2) is 5.11 Å². The van der Waals surface area contributed by atoms with Crippen molar-refractivity contribution < 1.29 is 14.4 Å². The summed E-state index contributed by atoms with van der Waals surface area (Å²) in [4.78, 5) is 40.1. The van der Waals surface area contributed by atoms with Crippen molar-refractivity contribution in [3.63, 3.8) is 0 Å². The molecular weight excluding hydrogens is 388 g/mol. The van der Waals surface area contributed by atoms with Gasteiger partial charge >= 0.3 is 0 Å². The molecule has 0 spiro atoms. The molecule has 0 atom stereocenters. The molecule has 0 aromatic heterocycles. The second-order valence-electron chi connectivity index (χ2n) is 6.46. The first kappa shape index (κ1) is 20.5. The van der Waals surface area contributed by atoms with Crippen LogP contribution in [0.2, 0.25) is 0 Å². The Morgan fingerprint density at radius 3 is 2.03 bits per heavy atom. The number of fused-ring (bicyclic) bond motifs is 1. The van der Waals surface area contributed by atoms with E-state index >= 15 is 0 Å². The Morgan fingerprint density at radius 1 is 0.966 bits per heavy atom. The molecule has 3 rings (SSSR count). The molecule has 0 radical (unpaired) electrons. The number of amides is 3. The van der Waals surface area contributed by atoms with Crippen molar-refractivity contribution in [3.05, 3.63) is 59.7 Å². The lowest BCUT2D eigenvalue weighted by Gasteiger charge is -2.21. The Morgan fingerprint density at radius 2 is 1.52 bits per heavy atom. The quantitative estimate of drug-likeness (QED) is 0.563. The van der Waals surface area contributed by atoms with Crippen molar-refractivity contribution in [1.29, 1.82) is 0 Å². The standard InChI is InChI=1S/C21H22N4O3S/c1-3-24(4-2)15-11-9-14(10-12-15)22-21(29)23-18(26)13-25-19(27)16-7-5-6-8-17(16)20(25)28/h5-12H,3-4,13H2,1-2H3,(H2,22,23,26,29). The van der Waals surface area contributed by atoms with Gasteiger partial charge in [-0.1, -0.05) is 12.1 Å². The van der Waals surface area contributed by atoms with Crippen LogP contribution >= 0.6 is 12.2 Å². The van der Waals surface area contributed by atoms with E-state index in [4.69, 9.17) is 12.2 Å². The highest BCUT2D eigenvalue weighted by molar-refractivity contribution is 7.80. The number of carbonyl (C=O) groups is 3. The van der Waals surface area contributed by atoms with E-state index < -0.39 is 24.3 Å². The van der Waals surface area contributed by atoms with Crippen molar-refractivity contribution in [2.75, 3.05) is 29.9 Å². The molecule has 3 amide bonds. The number of anilines is 2. The van der Waals surface area contributed by atoms with E-state index in [-0.39, 0.29) is 5.11 Å². The number of carbonyl (C=O) groups excluding carboxylic acids is 3. The van der Waals surface area contributed by atoms with Crippen LogP contribution in [0, 0.1) is 0 Å². The summed E-state index contributed by atoms with van der Waals surface area (Å²) in [6.07, 6.45) is 0. The van der Waals surface area contributed by atoms with E-state index in [1.807, 2.05) is 24.3 Å². The van der Waals surface area contributed by atoms with Gasteiger partial charge in [-0.15, -0.1) is 0 Å². The summed E-state index contributed by atoms with van der Waals surface area (Å²) >= 11 is 5.17. The minimum absolute atomic E-state index is 0.0993. The fourth-order valence-corrected chi connectivity index (χ4v) is 3.43. The lowest BCUT2D eigenvalue weighted by atomic mass is 10.1. The molecule has 7 nitrogen and oxygen atoms in total. The van der Waals surface area contributed by atoms with E-state index in [0.29, 0.717) is 11.1 Å². The zero-order valence-electron chi connectivity index (χ0n) is 16.3. The molecule has 2 aromatic rings.